The van der Waals surface area contributed by atoms with Gasteiger partial charge in [0.05, 0.1) is 0 Å². The zero-order chi connectivity index (χ0) is 23.6. The Morgan fingerprint density at radius 2 is 1.64 bits per heavy atom. The number of ether oxygens (including phenoxy) is 1. The summed E-state index contributed by atoms with van der Waals surface area (Å²) in [5.74, 6) is 0.206. The molecule has 1 fully saturated rings. The van der Waals surface area contributed by atoms with Gasteiger partial charge < -0.3 is 19.9 Å². The molecule has 0 aromatic heterocycles. The second kappa shape index (κ2) is 12.2. The first-order chi connectivity index (χ1) is 16.0. The third kappa shape index (κ3) is 7.21. The van der Waals surface area contributed by atoms with Gasteiger partial charge in [-0.25, -0.2) is 4.39 Å². The van der Waals surface area contributed by atoms with Gasteiger partial charge in [0.1, 0.15) is 17.6 Å². The van der Waals surface area contributed by atoms with Crippen molar-refractivity contribution < 1.29 is 23.5 Å². The molecule has 7 nitrogen and oxygen atoms in total. The summed E-state index contributed by atoms with van der Waals surface area (Å²) >= 11 is 1.60. The normalized spacial score (nSPS) is 14.5. The predicted molar refractivity (Wildman–Crippen MR) is 126 cm³/mol. The fraction of sp³-hybridized carbons (Fsp3) is 0.375. The lowest BCUT2D eigenvalue weighted by atomic mass is 10.1. The molecule has 0 aliphatic carbocycles. The minimum absolute atomic E-state index is 0.161. The van der Waals surface area contributed by atoms with E-state index in [1.807, 2.05) is 24.5 Å². The molecule has 2 aromatic rings. The molecule has 3 rings (SSSR count). The van der Waals surface area contributed by atoms with Gasteiger partial charge in [-0.3, -0.25) is 14.4 Å². The fourth-order valence-corrected chi connectivity index (χ4v) is 3.99. The average molecular weight is 474 g/mol. The molecule has 1 heterocycles. The zero-order valence-corrected chi connectivity index (χ0v) is 19.4. The number of amides is 3. The van der Waals surface area contributed by atoms with E-state index < -0.39 is 11.9 Å². The summed E-state index contributed by atoms with van der Waals surface area (Å²) in [5, 5.41) is 2.80. The molecule has 176 valence electrons. The minimum Gasteiger partial charge on any atom is -0.484 e. The van der Waals surface area contributed by atoms with Gasteiger partial charge in [0.2, 0.25) is 5.91 Å². The Bertz CT molecular complexity index is 934. The summed E-state index contributed by atoms with van der Waals surface area (Å²) < 4.78 is 18.6. The maximum Gasteiger partial charge on any atom is 0.258 e. The van der Waals surface area contributed by atoms with E-state index in [0.717, 1.165) is 5.75 Å². The summed E-state index contributed by atoms with van der Waals surface area (Å²) in [5.41, 5.74) is 0.416. The Labute approximate surface area is 197 Å². The van der Waals surface area contributed by atoms with Gasteiger partial charge in [0.25, 0.3) is 11.8 Å². The molecule has 0 radical (unpaired) electrons. The van der Waals surface area contributed by atoms with Crippen LogP contribution in [0.2, 0.25) is 0 Å². The molecule has 2 aromatic carbocycles. The topological polar surface area (TPSA) is 79.0 Å². The number of carbonyl (C=O) groups excluding carboxylic acids is 3. The lowest BCUT2D eigenvalue weighted by Gasteiger charge is -2.36. The molecule has 0 saturated carbocycles. The standard InChI is InChI=1S/C24H28FN3O4S/c1-33-16-11-21(26-22(29)17-32-20-5-3-2-4-6-20)24(31)28-14-12-27(13-15-28)23(30)18-7-9-19(25)10-8-18/h2-10,21H,11-17H2,1H3,(H,26,29). The Hall–Kier alpha value is -3.07. The largest absolute Gasteiger partial charge is 0.484 e. The first kappa shape index (κ1) is 24.6. The number of piperazine rings is 1. The van der Waals surface area contributed by atoms with Crippen molar-refractivity contribution in [3.63, 3.8) is 0 Å². The van der Waals surface area contributed by atoms with Crippen molar-refractivity contribution in [3.05, 3.63) is 66.0 Å². The second-order valence-electron chi connectivity index (χ2n) is 7.63. The second-order valence-corrected chi connectivity index (χ2v) is 8.61. The highest BCUT2D eigenvalue weighted by atomic mass is 32.2. The number of nitrogens with zero attached hydrogens (tertiary/aromatic N) is 2. The number of nitrogens with one attached hydrogen (secondary N) is 1. The lowest BCUT2D eigenvalue weighted by Crippen LogP contribution is -2.56. The van der Waals surface area contributed by atoms with Crippen LogP contribution in [0.5, 0.6) is 5.75 Å². The number of para-hydroxylation sites is 1. The van der Waals surface area contributed by atoms with Crippen LogP contribution in [-0.2, 0) is 9.59 Å². The van der Waals surface area contributed by atoms with Gasteiger partial charge in [-0.15, -0.1) is 0 Å². The lowest BCUT2D eigenvalue weighted by molar-refractivity contribution is -0.138. The first-order valence-corrected chi connectivity index (χ1v) is 12.2. The van der Waals surface area contributed by atoms with E-state index in [2.05, 4.69) is 5.32 Å². The molecule has 1 aliphatic heterocycles. The summed E-state index contributed by atoms with van der Waals surface area (Å²) in [6.07, 6.45) is 2.45. The number of hydrogen-bond donors (Lipinski definition) is 1. The SMILES string of the molecule is CSCCC(NC(=O)COc1ccccc1)C(=O)N1CCN(C(=O)c2ccc(F)cc2)CC1. The van der Waals surface area contributed by atoms with Crippen LogP contribution in [0.4, 0.5) is 4.39 Å². The Morgan fingerprint density at radius 1 is 1.00 bits per heavy atom. The van der Waals surface area contributed by atoms with E-state index in [1.165, 1.54) is 24.3 Å². The van der Waals surface area contributed by atoms with Gasteiger partial charge >= 0.3 is 0 Å². The van der Waals surface area contributed by atoms with Crippen molar-refractivity contribution in [2.75, 3.05) is 44.8 Å². The predicted octanol–water partition coefficient (Wildman–Crippen LogP) is 2.43. The smallest absolute Gasteiger partial charge is 0.258 e. The van der Waals surface area contributed by atoms with Crippen molar-refractivity contribution in [1.82, 2.24) is 15.1 Å². The maximum absolute atomic E-state index is 13.1. The van der Waals surface area contributed by atoms with E-state index in [-0.39, 0.29) is 24.3 Å². The van der Waals surface area contributed by atoms with Crippen LogP contribution < -0.4 is 10.1 Å². The third-order valence-corrected chi connectivity index (χ3v) is 5.97. The molecule has 0 spiro atoms. The number of hydrogen-bond acceptors (Lipinski definition) is 5. The minimum atomic E-state index is -0.649. The van der Waals surface area contributed by atoms with E-state index in [9.17, 15) is 18.8 Å². The number of rotatable bonds is 9. The molecule has 1 aliphatic rings. The van der Waals surface area contributed by atoms with Gasteiger partial charge in [-0.1, -0.05) is 18.2 Å². The summed E-state index contributed by atoms with van der Waals surface area (Å²) in [7, 11) is 0. The Morgan fingerprint density at radius 3 is 2.27 bits per heavy atom. The molecule has 1 saturated heterocycles. The van der Waals surface area contributed by atoms with Crippen LogP contribution in [0.1, 0.15) is 16.8 Å². The highest BCUT2D eigenvalue weighted by Crippen LogP contribution is 2.13. The van der Waals surface area contributed by atoms with E-state index in [1.54, 1.807) is 33.7 Å². The van der Waals surface area contributed by atoms with Gasteiger partial charge in [0.15, 0.2) is 6.61 Å². The monoisotopic (exact) mass is 473 g/mol. The molecule has 1 unspecified atom stereocenters. The Balaban J connectivity index is 1.53. The maximum atomic E-state index is 13.1. The van der Waals surface area contributed by atoms with Crippen molar-refractivity contribution in [2.24, 2.45) is 0 Å². The number of thioether (sulfide) groups is 1. The summed E-state index contributed by atoms with van der Waals surface area (Å²) in [6, 6.07) is 13.8. The highest BCUT2D eigenvalue weighted by molar-refractivity contribution is 7.98. The van der Waals surface area contributed by atoms with Crippen molar-refractivity contribution >= 4 is 29.5 Å². The van der Waals surface area contributed by atoms with E-state index >= 15 is 0 Å². The number of carbonyl (C=O) groups is 3. The third-order valence-electron chi connectivity index (χ3n) is 5.33. The number of halogens is 1. The Kier molecular flexibility index (Phi) is 9.12. The molecule has 1 N–H and O–H groups in total. The van der Waals surface area contributed by atoms with Crippen LogP contribution >= 0.6 is 11.8 Å². The molecular weight excluding hydrogens is 445 g/mol. The van der Waals surface area contributed by atoms with Gasteiger partial charge in [-0.2, -0.15) is 11.8 Å². The average Bonchev–Trinajstić information content (AvgIpc) is 2.85. The van der Waals surface area contributed by atoms with Crippen LogP contribution in [0, 0.1) is 5.82 Å². The molecule has 3 amide bonds. The van der Waals surface area contributed by atoms with Crippen molar-refractivity contribution in [3.8, 4) is 5.75 Å². The van der Waals surface area contributed by atoms with Crippen LogP contribution in [0.25, 0.3) is 0 Å². The number of benzene rings is 2. The molecule has 0 bridgehead atoms. The molecule has 1 atom stereocenters. The summed E-state index contributed by atoms with van der Waals surface area (Å²) in [4.78, 5) is 41.5. The first-order valence-electron chi connectivity index (χ1n) is 10.8. The van der Waals surface area contributed by atoms with E-state index in [4.69, 9.17) is 4.74 Å². The van der Waals surface area contributed by atoms with Crippen molar-refractivity contribution in [1.29, 1.82) is 0 Å². The fourth-order valence-electron chi connectivity index (χ4n) is 3.52. The molecular formula is C24H28FN3O4S. The van der Waals surface area contributed by atoms with Crippen LogP contribution in [0.3, 0.4) is 0 Å². The van der Waals surface area contributed by atoms with Gasteiger partial charge in [-0.05, 0) is 54.8 Å². The molecule has 9 heteroatoms. The summed E-state index contributed by atoms with van der Waals surface area (Å²) in [6.45, 7) is 1.33. The zero-order valence-electron chi connectivity index (χ0n) is 18.5. The van der Waals surface area contributed by atoms with E-state index in [0.29, 0.717) is 43.9 Å². The van der Waals surface area contributed by atoms with Crippen molar-refractivity contribution in [2.45, 2.75) is 12.5 Å². The quantitative estimate of drug-likeness (QED) is 0.605. The van der Waals surface area contributed by atoms with Crippen LogP contribution in [0.15, 0.2) is 54.6 Å². The van der Waals surface area contributed by atoms with Crippen LogP contribution in [-0.4, -0.2) is 78.4 Å². The molecule has 33 heavy (non-hydrogen) atoms. The van der Waals surface area contributed by atoms with Gasteiger partial charge in [0, 0.05) is 31.7 Å². The highest BCUT2D eigenvalue weighted by Gasteiger charge is 2.30.